The van der Waals surface area contributed by atoms with Crippen molar-refractivity contribution in [3.05, 3.63) is 36.2 Å². The van der Waals surface area contributed by atoms with Crippen LogP contribution in [-0.4, -0.2) is 18.6 Å². The Kier molecular flexibility index (Phi) is 3.15. The van der Waals surface area contributed by atoms with E-state index in [1.165, 1.54) is 35.7 Å². The molecule has 1 aliphatic rings. The highest BCUT2D eigenvalue weighted by atomic mass is 16.5. The SMILES string of the molecule is COc1ccc2c(C3CCCCN3)nccc2c1. The topological polar surface area (TPSA) is 34.1 Å². The van der Waals surface area contributed by atoms with E-state index in [0.29, 0.717) is 6.04 Å². The molecule has 3 heteroatoms. The third-order valence-corrected chi connectivity index (χ3v) is 3.64. The number of nitrogens with zero attached hydrogens (tertiary/aromatic N) is 1. The molecule has 0 spiro atoms. The average Bonchev–Trinajstić information content (AvgIpc) is 2.47. The molecule has 1 N–H and O–H groups in total. The van der Waals surface area contributed by atoms with Gasteiger partial charge in [-0.05, 0) is 49.0 Å². The summed E-state index contributed by atoms with van der Waals surface area (Å²) in [5.41, 5.74) is 1.18. The highest BCUT2D eigenvalue weighted by Crippen LogP contribution is 2.29. The van der Waals surface area contributed by atoms with Gasteiger partial charge in [0, 0.05) is 11.6 Å². The summed E-state index contributed by atoms with van der Waals surface area (Å²) >= 11 is 0. The van der Waals surface area contributed by atoms with E-state index in [0.717, 1.165) is 12.3 Å². The number of ether oxygens (including phenoxy) is 1. The number of piperidine rings is 1. The molecule has 1 aromatic heterocycles. The largest absolute Gasteiger partial charge is 0.497 e. The second kappa shape index (κ2) is 4.94. The molecule has 94 valence electrons. The lowest BCUT2D eigenvalue weighted by atomic mass is 9.97. The quantitative estimate of drug-likeness (QED) is 0.878. The predicted molar refractivity (Wildman–Crippen MR) is 72.9 cm³/mol. The number of pyridine rings is 1. The van der Waals surface area contributed by atoms with Gasteiger partial charge in [0.15, 0.2) is 0 Å². The minimum Gasteiger partial charge on any atom is -0.497 e. The van der Waals surface area contributed by atoms with Crippen LogP contribution in [0, 0.1) is 0 Å². The Bertz CT molecular complexity index is 547. The summed E-state index contributed by atoms with van der Waals surface area (Å²) in [6, 6.07) is 8.65. The lowest BCUT2D eigenvalue weighted by Crippen LogP contribution is -2.27. The van der Waals surface area contributed by atoms with Crippen molar-refractivity contribution in [1.82, 2.24) is 10.3 Å². The van der Waals surface area contributed by atoms with Gasteiger partial charge >= 0.3 is 0 Å². The molecule has 1 aliphatic heterocycles. The molecule has 0 amide bonds. The summed E-state index contributed by atoms with van der Waals surface area (Å²) < 4.78 is 5.27. The van der Waals surface area contributed by atoms with Crippen molar-refractivity contribution in [2.75, 3.05) is 13.7 Å². The number of rotatable bonds is 2. The van der Waals surface area contributed by atoms with E-state index in [1.54, 1.807) is 7.11 Å². The zero-order valence-corrected chi connectivity index (χ0v) is 10.6. The second-order valence-corrected chi connectivity index (χ2v) is 4.79. The molecule has 2 aromatic rings. The van der Waals surface area contributed by atoms with Crippen LogP contribution in [0.15, 0.2) is 30.5 Å². The normalized spacial score (nSPS) is 19.9. The van der Waals surface area contributed by atoms with E-state index >= 15 is 0 Å². The van der Waals surface area contributed by atoms with Gasteiger partial charge < -0.3 is 10.1 Å². The fraction of sp³-hybridized carbons (Fsp3) is 0.400. The van der Waals surface area contributed by atoms with Gasteiger partial charge in [-0.2, -0.15) is 0 Å². The molecule has 18 heavy (non-hydrogen) atoms. The molecule has 3 nitrogen and oxygen atoms in total. The van der Waals surface area contributed by atoms with E-state index in [-0.39, 0.29) is 0 Å². The number of nitrogens with one attached hydrogen (secondary N) is 1. The maximum absolute atomic E-state index is 5.27. The van der Waals surface area contributed by atoms with Crippen molar-refractivity contribution < 1.29 is 4.74 Å². The van der Waals surface area contributed by atoms with Crippen LogP contribution in [0.5, 0.6) is 5.75 Å². The Balaban J connectivity index is 2.05. The van der Waals surface area contributed by atoms with Crippen LogP contribution >= 0.6 is 0 Å². The number of aromatic nitrogens is 1. The first kappa shape index (κ1) is 11.5. The summed E-state index contributed by atoms with van der Waals surface area (Å²) in [6.45, 7) is 1.10. The van der Waals surface area contributed by atoms with E-state index in [9.17, 15) is 0 Å². The Morgan fingerprint density at radius 2 is 2.22 bits per heavy atom. The highest BCUT2D eigenvalue weighted by Gasteiger charge is 2.18. The molecule has 0 radical (unpaired) electrons. The number of benzene rings is 1. The predicted octanol–water partition coefficient (Wildman–Crippen LogP) is 3.06. The number of hydrogen-bond acceptors (Lipinski definition) is 3. The Labute approximate surface area is 107 Å². The maximum atomic E-state index is 5.27. The number of fused-ring (bicyclic) bond motifs is 1. The first-order valence-corrected chi connectivity index (χ1v) is 6.54. The third kappa shape index (κ3) is 2.06. The fourth-order valence-corrected chi connectivity index (χ4v) is 2.67. The Hall–Kier alpha value is -1.61. The van der Waals surface area contributed by atoms with Crippen molar-refractivity contribution in [1.29, 1.82) is 0 Å². The number of hydrogen-bond donors (Lipinski definition) is 1. The lowest BCUT2D eigenvalue weighted by Gasteiger charge is -2.24. The molecule has 2 heterocycles. The molecule has 0 aliphatic carbocycles. The van der Waals surface area contributed by atoms with Crippen LogP contribution in [-0.2, 0) is 0 Å². The van der Waals surface area contributed by atoms with Gasteiger partial charge in [0.25, 0.3) is 0 Å². The molecule has 1 aromatic carbocycles. The average molecular weight is 242 g/mol. The van der Waals surface area contributed by atoms with Gasteiger partial charge in [-0.1, -0.05) is 6.42 Å². The van der Waals surface area contributed by atoms with Gasteiger partial charge in [0.1, 0.15) is 5.75 Å². The van der Waals surface area contributed by atoms with E-state index in [4.69, 9.17) is 4.74 Å². The molecule has 1 fully saturated rings. The van der Waals surface area contributed by atoms with E-state index in [1.807, 2.05) is 18.3 Å². The van der Waals surface area contributed by atoms with Gasteiger partial charge in [0.05, 0.1) is 18.8 Å². The van der Waals surface area contributed by atoms with Crippen molar-refractivity contribution >= 4 is 10.8 Å². The van der Waals surface area contributed by atoms with Gasteiger partial charge in [-0.25, -0.2) is 0 Å². The number of methoxy groups -OCH3 is 1. The minimum absolute atomic E-state index is 0.399. The van der Waals surface area contributed by atoms with Crippen LogP contribution < -0.4 is 10.1 Å². The van der Waals surface area contributed by atoms with Crippen LogP contribution in [0.25, 0.3) is 10.8 Å². The van der Waals surface area contributed by atoms with Crippen molar-refractivity contribution in [3.8, 4) is 5.75 Å². The minimum atomic E-state index is 0.399. The summed E-state index contributed by atoms with van der Waals surface area (Å²) in [7, 11) is 1.70. The summed E-state index contributed by atoms with van der Waals surface area (Å²) in [6.07, 6.45) is 5.63. The van der Waals surface area contributed by atoms with E-state index in [2.05, 4.69) is 22.4 Å². The smallest absolute Gasteiger partial charge is 0.119 e. The molecular formula is C15H18N2O. The van der Waals surface area contributed by atoms with E-state index < -0.39 is 0 Å². The van der Waals surface area contributed by atoms with Crippen LogP contribution in [0.3, 0.4) is 0 Å². The monoisotopic (exact) mass is 242 g/mol. The van der Waals surface area contributed by atoms with Crippen molar-refractivity contribution in [2.24, 2.45) is 0 Å². The lowest BCUT2D eigenvalue weighted by molar-refractivity contribution is 0.407. The molecule has 0 bridgehead atoms. The summed E-state index contributed by atoms with van der Waals surface area (Å²) in [4.78, 5) is 4.58. The summed E-state index contributed by atoms with van der Waals surface area (Å²) in [5.74, 6) is 0.899. The second-order valence-electron chi connectivity index (χ2n) is 4.79. The Morgan fingerprint density at radius 1 is 1.28 bits per heavy atom. The first-order valence-electron chi connectivity index (χ1n) is 6.54. The molecule has 0 saturated carbocycles. The summed E-state index contributed by atoms with van der Waals surface area (Å²) in [5, 5.41) is 6.00. The van der Waals surface area contributed by atoms with Crippen molar-refractivity contribution in [3.63, 3.8) is 0 Å². The van der Waals surface area contributed by atoms with Crippen molar-refractivity contribution in [2.45, 2.75) is 25.3 Å². The van der Waals surface area contributed by atoms with Crippen LogP contribution in [0.4, 0.5) is 0 Å². The molecule has 1 atom stereocenters. The molecule has 1 saturated heterocycles. The maximum Gasteiger partial charge on any atom is 0.119 e. The molecule has 1 unspecified atom stereocenters. The molecular weight excluding hydrogens is 224 g/mol. The van der Waals surface area contributed by atoms with Crippen LogP contribution in [0.1, 0.15) is 31.0 Å². The fourth-order valence-electron chi connectivity index (χ4n) is 2.67. The van der Waals surface area contributed by atoms with Gasteiger partial charge in [-0.3, -0.25) is 4.98 Å². The van der Waals surface area contributed by atoms with Crippen LogP contribution in [0.2, 0.25) is 0 Å². The zero-order valence-electron chi connectivity index (χ0n) is 10.6. The highest BCUT2D eigenvalue weighted by molar-refractivity contribution is 5.86. The zero-order chi connectivity index (χ0) is 12.4. The van der Waals surface area contributed by atoms with Gasteiger partial charge in [0.2, 0.25) is 0 Å². The third-order valence-electron chi connectivity index (χ3n) is 3.64. The standard InChI is InChI=1S/C15H18N2O/c1-18-12-5-6-13-11(10-12)7-9-17-15(13)14-4-2-3-8-16-14/h5-7,9-10,14,16H,2-4,8H2,1H3. The Morgan fingerprint density at radius 3 is 3.00 bits per heavy atom. The van der Waals surface area contributed by atoms with Gasteiger partial charge in [-0.15, -0.1) is 0 Å². The molecule has 3 rings (SSSR count). The first-order chi connectivity index (χ1) is 8.88.